The summed E-state index contributed by atoms with van der Waals surface area (Å²) >= 11 is 4.79. The number of rotatable bonds is 7. The maximum absolute atomic E-state index is 13.6. The summed E-state index contributed by atoms with van der Waals surface area (Å²) in [6, 6.07) is 16.1. The van der Waals surface area contributed by atoms with Gasteiger partial charge in [0.05, 0.1) is 37.7 Å². The van der Waals surface area contributed by atoms with Gasteiger partial charge in [-0.2, -0.15) is 0 Å². The van der Waals surface area contributed by atoms with E-state index in [2.05, 4.69) is 20.9 Å². The highest BCUT2D eigenvalue weighted by molar-refractivity contribution is 9.10. The van der Waals surface area contributed by atoms with Crippen molar-refractivity contribution >= 4 is 37.5 Å². The van der Waals surface area contributed by atoms with Crippen molar-refractivity contribution in [2.45, 2.75) is 19.3 Å². The largest absolute Gasteiger partial charge is 0.389 e. The van der Waals surface area contributed by atoms with Crippen LogP contribution in [0.4, 0.5) is 4.39 Å². The van der Waals surface area contributed by atoms with E-state index in [9.17, 15) is 14.3 Å². The Balaban J connectivity index is 1.45. The highest BCUT2D eigenvalue weighted by atomic mass is 79.9. The SMILES string of the molecule is O=c1c2sc(-c3ccc(Br)cc3)cc2ncn1C[C@H](O)COCc1ccccc1F. The van der Waals surface area contributed by atoms with Crippen LogP contribution in [0.3, 0.4) is 0 Å². The molecule has 5 nitrogen and oxygen atoms in total. The fourth-order valence-corrected chi connectivity index (χ4v) is 4.36. The van der Waals surface area contributed by atoms with Crippen LogP contribution in [0, 0.1) is 5.82 Å². The van der Waals surface area contributed by atoms with E-state index in [1.165, 1.54) is 28.3 Å². The second-order valence-corrected chi connectivity index (χ2v) is 8.76. The molecule has 0 aliphatic rings. The van der Waals surface area contributed by atoms with Gasteiger partial charge in [0.1, 0.15) is 10.5 Å². The van der Waals surface area contributed by atoms with Gasteiger partial charge in [-0.05, 0) is 29.8 Å². The molecular weight excluding hydrogens is 471 g/mol. The topological polar surface area (TPSA) is 64.4 Å². The lowest BCUT2D eigenvalue weighted by atomic mass is 10.2. The molecule has 0 amide bonds. The molecule has 0 aliphatic carbocycles. The quantitative estimate of drug-likeness (QED) is 0.412. The molecule has 0 aliphatic heterocycles. The molecule has 0 bridgehead atoms. The van der Waals surface area contributed by atoms with Crippen LogP contribution in [0.25, 0.3) is 20.7 Å². The molecule has 1 N–H and O–H groups in total. The first-order valence-corrected chi connectivity index (χ1v) is 10.9. The average molecular weight is 489 g/mol. The van der Waals surface area contributed by atoms with E-state index in [1.54, 1.807) is 18.2 Å². The van der Waals surface area contributed by atoms with Crippen molar-refractivity contribution in [1.82, 2.24) is 9.55 Å². The fourth-order valence-electron chi connectivity index (χ4n) is 3.03. The van der Waals surface area contributed by atoms with Crippen LogP contribution in [0.5, 0.6) is 0 Å². The fraction of sp³-hybridized carbons (Fsp3) is 0.182. The lowest BCUT2D eigenvalue weighted by molar-refractivity contribution is 0.0189. The molecule has 4 aromatic rings. The maximum atomic E-state index is 13.6. The Labute approximate surface area is 184 Å². The van der Waals surface area contributed by atoms with Crippen LogP contribution in [0.2, 0.25) is 0 Å². The number of fused-ring (bicyclic) bond motifs is 1. The number of hydrogen-bond donors (Lipinski definition) is 1. The number of ether oxygens (including phenoxy) is 1. The third-order valence-corrected chi connectivity index (χ3v) is 6.26. The third-order valence-electron chi connectivity index (χ3n) is 4.57. The predicted octanol–water partition coefficient (Wildman–Crippen LogP) is 4.60. The number of halogens is 2. The summed E-state index contributed by atoms with van der Waals surface area (Å²) in [5, 5.41) is 10.2. The van der Waals surface area contributed by atoms with E-state index < -0.39 is 6.10 Å². The minimum atomic E-state index is -0.917. The molecule has 2 heterocycles. The monoisotopic (exact) mass is 488 g/mol. The third kappa shape index (κ3) is 4.67. The van der Waals surface area contributed by atoms with E-state index >= 15 is 0 Å². The Morgan fingerprint density at radius 3 is 2.73 bits per heavy atom. The van der Waals surface area contributed by atoms with E-state index in [-0.39, 0.29) is 31.1 Å². The molecule has 8 heteroatoms. The molecule has 0 unspecified atom stereocenters. The highest BCUT2D eigenvalue weighted by Crippen LogP contribution is 2.31. The van der Waals surface area contributed by atoms with Crippen molar-refractivity contribution in [2.75, 3.05) is 6.61 Å². The lowest BCUT2D eigenvalue weighted by Crippen LogP contribution is -2.29. The predicted molar refractivity (Wildman–Crippen MR) is 119 cm³/mol. The molecule has 0 fully saturated rings. The maximum Gasteiger partial charge on any atom is 0.271 e. The van der Waals surface area contributed by atoms with Crippen LogP contribution in [-0.2, 0) is 17.9 Å². The summed E-state index contributed by atoms with van der Waals surface area (Å²) in [6.07, 6.45) is 0.516. The molecule has 2 aromatic heterocycles. The van der Waals surface area contributed by atoms with Gasteiger partial charge in [-0.15, -0.1) is 11.3 Å². The number of aromatic nitrogens is 2. The molecule has 4 rings (SSSR count). The van der Waals surface area contributed by atoms with E-state index in [0.29, 0.717) is 15.8 Å². The second kappa shape index (κ2) is 9.18. The Kier molecular flexibility index (Phi) is 6.38. The Morgan fingerprint density at radius 1 is 1.20 bits per heavy atom. The summed E-state index contributed by atoms with van der Waals surface area (Å²) < 4.78 is 21.9. The molecule has 30 heavy (non-hydrogen) atoms. The first-order chi connectivity index (χ1) is 14.5. The van der Waals surface area contributed by atoms with Crippen LogP contribution >= 0.6 is 27.3 Å². The van der Waals surface area contributed by atoms with Crippen LogP contribution in [0.15, 0.2) is 70.2 Å². The molecule has 2 aromatic carbocycles. The van der Waals surface area contributed by atoms with Gasteiger partial charge < -0.3 is 9.84 Å². The van der Waals surface area contributed by atoms with Gasteiger partial charge in [0, 0.05) is 14.9 Å². The van der Waals surface area contributed by atoms with E-state index in [4.69, 9.17) is 4.74 Å². The van der Waals surface area contributed by atoms with Gasteiger partial charge in [0.2, 0.25) is 0 Å². The highest BCUT2D eigenvalue weighted by Gasteiger charge is 2.13. The van der Waals surface area contributed by atoms with Gasteiger partial charge in [-0.25, -0.2) is 9.37 Å². The van der Waals surface area contributed by atoms with Crippen molar-refractivity contribution in [2.24, 2.45) is 0 Å². The Morgan fingerprint density at radius 2 is 1.97 bits per heavy atom. The van der Waals surface area contributed by atoms with Crippen molar-refractivity contribution < 1.29 is 14.2 Å². The van der Waals surface area contributed by atoms with Gasteiger partial charge in [0.25, 0.3) is 5.56 Å². The van der Waals surface area contributed by atoms with Gasteiger partial charge in [-0.1, -0.05) is 46.3 Å². The van der Waals surface area contributed by atoms with E-state index in [0.717, 1.165) is 14.9 Å². The van der Waals surface area contributed by atoms with Gasteiger partial charge in [0.15, 0.2) is 0 Å². The summed E-state index contributed by atoms with van der Waals surface area (Å²) in [6.45, 7) is 0.0787. The summed E-state index contributed by atoms with van der Waals surface area (Å²) in [7, 11) is 0. The first kappa shape index (κ1) is 20.9. The standard InChI is InChI=1S/C22H18BrFN2O3S/c23-16-7-5-14(6-8-16)20-9-19-21(30-20)22(28)26(13-25-19)10-17(27)12-29-11-15-3-1-2-4-18(15)24/h1-9,13,17,27H,10-12H2/t17-/m0/s1. The Hall–Kier alpha value is -2.39. The van der Waals surface area contributed by atoms with Crippen molar-refractivity contribution in [3.8, 4) is 10.4 Å². The van der Waals surface area contributed by atoms with Crippen molar-refractivity contribution in [1.29, 1.82) is 0 Å². The summed E-state index contributed by atoms with van der Waals surface area (Å²) in [5.74, 6) is -0.350. The molecule has 1 atom stereocenters. The number of thiophene rings is 1. The van der Waals surface area contributed by atoms with E-state index in [1.807, 2.05) is 30.3 Å². The zero-order valence-electron chi connectivity index (χ0n) is 15.8. The van der Waals surface area contributed by atoms with Crippen LogP contribution < -0.4 is 5.56 Å². The van der Waals surface area contributed by atoms with Crippen molar-refractivity contribution in [3.05, 3.63) is 87.1 Å². The normalized spacial score (nSPS) is 12.4. The minimum absolute atomic E-state index is 0.0204. The lowest BCUT2D eigenvalue weighted by Gasteiger charge is -2.13. The van der Waals surface area contributed by atoms with Gasteiger partial charge in [-0.3, -0.25) is 9.36 Å². The summed E-state index contributed by atoms with van der Waals surface area (Å²) in [5.41, 5.74) is 1.85. The zero-order chi connectivity index (χ0) is 21.1. The van der Waals surface area contributed by atoms with Crippen molar-refractivity contribution in [3.63, 3.8) is 0 Å². The first-order valence-electron chi connectivity index (χ1n) is 9.25. The molecule has 0 saturated carbocycles. The zero-order valence-corrected chi connectivity index (χ0v) is 18.2. The van der Waals surface area contributed by atoms with Gasteiger partial charge >= 0.3 is 0 Å². The number of benzene rings is 2. The summed E-state index contributed by atoms with van der Waals surface area (Å²) in [4.78, 5) is 18.1. The Bertz CT molecular complexity index is 1220. The molecule has 0 saturated heterocycles. The van der Waals surface area contributed by atoms with Crippen LogP contribution in [0.1, 0.15) is 5.56 Å². The average Bonchev–Trinajstić information content (AvgIpc) is 3.17. The smallest absolute Gasteiger partial charge is 0.271 e. The minimum Gasteiger partial charge on any atom is -0.389 e. The number of aliphatic hydroxyl groups is 1. The molecule has 0 spiro atoms. The molecular formula is C22H18BrFN2O3S. The van der Waals surface area contributed by atoms with Crippen LogP contribution in [-0.4, -0.2) is 27.4 Å². The molecule has 0 radical (unpaired) electrons. The number of aliphatic hydroxyl groups excluding tert-OH is 1. The second-order valence-electron chi connectivity index (χ2n) is 6.79. The number of nitrogens with zero attached hydrogens (tertiary/aromatic N) is 2. The molecule has 154 valence electrons. The number of hydrogen-bond acceptors (Lipinski definition) is 5.